The SMILES string of the molecule is [CH2]COCCOCCOC(=O)CCl. The molecule has 0 amide bonds. The Hall–Kier alpha value is -0.320. The largest absolute Gasteiger partial charge is 0.462 e. The van der Waals surface area contributed by atoms with Crippen LogP contribution in [0, 0.1) is 6.92 Å². The standard InChI is InChI=1S/C8H14ClO4/c1-2-11-3-4-12-5-6-13-8(10)7-9/h1-7H2. The van der Waals surface area contributed by atoms with E-state index >= 15 is 0 Å². The number of ether oxygens (including phenoxy) is 3. The minimum Gasteiger partial charge on any atom is -0.462 e. The maximum absolute atomic E-state index is 10.5. The van der Waals surface area contributed by atoms with E-state index in [1.165, 1.54) is 0 Å². The highest BCUT2D eigenvalue weighted by Gasteiger charge is 1.97. The molecule has 0 saturated carbocycles. The van der Waals surface area contributed by atoms with Gasteiger partial charge in [-0.1, -0.05) is 0 Å². The minimum absolute atomic E-state index is 0.120. The average molecular weight is 210 g/mol. The third-order valence-corrected chi connectivity index (χ3v) is 1.33. The van der Waals surface area contributed by atoms with Crippen LogP contribution >= 0.6 is 11.6 Å². The Balaban J connectivity index is 2.95. The van der Waals surface area contributed by atoms with E-state index in [1.807, 2.05) is 0 Å². The van der Waals surface area contributed by atoms with Gasteiger partial charge in [0.1, 0.15) is 12.5 Å². The Morgan fingerprint density at radius 3 is 2.38 bits per heavy atom. The molecule has 0 heterocycles. The van der Waals surface area contributed by atoms with E-state index in [0.29, 0.717) is 26.4 Å². The number of alkyl halides is 1. The summed E-state index contributed by atoms with van der Waals surface area (Å²) < 4.78 is 14.6. The third-order valence-electron chi connectivity index (χ3n) is 1.12. The Bertz CT molecular complexity index is 129. The van der Waals surface area contributed by atoms with Crippen LogP contribution in [0.5, 0.6) is 0 Å². The molecule has 4 nitrogen and oxygen atoms in total. The molecule has 0 unspecified atom stereocenters. The average Bonchev–Trinajstić information content (AvgIpc) is 2.16. The maximum atomic E-state index is 10.5. The van der Waals surface area contributed by atoms with Crippen LogP contribution in [0.2, 0.25) is 0 Å². The van der Waals surface area contributed by atoms with Crippen LogP contribution in [0.1, 0.15) is 0 Å². The number of esters is 1. The van der Waals surface area contributed by atoms with E-state index in [9.17, 15) is 4.79 Å². The van der Waals surface area contributed by atoms with Crippen LogP contribution in [-0.4, -0.2) is 44.9 Å². The van der Waals surface area contributed by atoms with Crippen molar-refractivity contribution in [2.24, 2.45) is 0 Å². The molecule has 0 aliphatic carbocycles. The molecule has 0 rings (SSSR count). The van der Waals surface area contributed by atoms with E-state index < -0.39 is 5.97 Å². The first kappa shape index (κ1) is 12.7. The first-order chi connectivity index (χ1) is 6.31. The summed E-state index contributed by atoms with van der Waals surface area (Å²) in [6.07, 6.45) is 0. The lowest BCUT2D eigenvalue weighted by Crippen LogP contribution is -2.13. The molecule has 0 aliphatic heterocycles. The molecule has 1 radical (unpaired) electrons. The number of rotatable bonds is 8. The highest BCUT2D eigenvalue weighted by atomic mass is 35.5. The summed E-state index contributed by atoms with van der Waals surface area (Å²) in [5, 5.41) is 0. The number of hydrogen-bond donors (Lipinski definition) is 0. The van der Waals surface area contributed by atoms with Crippen LogP contribution in [-0.2, 0) is 19.0 Å². The zero-order valence-corrected chi connectivity index (χ0v) is 8.22. The second-order valence-electron chi connectivity index (χ2n) is 2.08. The fourth-order valence-electron chi connectivity index (χ4n) is 0.575. The van der Waals surface area contributed by atoms with Gasteiger partial charge in [0.15, 0.2) is 0 Å². The van der Waals surface area contributed by atoms with Crippen LogP contribution in [0.4, 0.5) is 0 Å². The summed E-state index contributed by atoms with van der Waals surface area (Å²) in [4.78, 5) is 10.5. The number of carbonyl (C=O) groups is 1. The molecule has 0 atom stereocenters. The van der Waals surface area contributed by atoms with Crippen LogP contribution < -0.4 is 0 Å². The molecule has 77 valence electrons. The lowest BCUT2D eigenvalue weighted by Gasteiger charge is -2.04. The second kappa shape index (κ2) is 9.77. The molecule has 13 heavy (non-hydrogen) atoms. The summed E-state index contributed by atoms with van der Waals surface area (Å²) in [6, 6.07) is 0. The minimum atomic E-state index is -0.431. The molecule has 0 aromatic rings. The fraction of sp³-hybridized carbons (Fsp3) is 0.750. The van der Waals surface area contributed by atoms with Crippen molar-refractivity contribution in [1.82, 2.24) is 0 Å². The number of hydrogen-bond acceptors (Lipinski definition) is 4. The molecule has 0 aliphatic rings. The van der Waals surface area contributed by atoms with Gasteiger partial charge in [0.05, 0.1) is 19.8 Å². The Morgan fingerprint density at radius 1 is 1.15 bits per heavy atom. The fourth-order valence-corrected chi connectivity index (χ4v) is 0.652. The van der Waals surface area contributed by atoms with Crippen molar-refractivity contribution < 1.29 is 19.0 Å². The van der Waals surface area contributed by atoms with E-state index in [0.717, 1.165) is 0 Å². The van der Waals surface area contributed by atoms with Crippen molar-refractivity contribution in [3.63, 3.8) is 0 Å². The predicted octanol–water partition coefficient (Wildman–Crippen LogP) is 0.636. The molecule has 0 aromatic heterocycles. The summed E-state index contributed by atoms with van der Waals surface area (Å²) in [6.45, 7) is 5.51. The van der Waals surface area contributed by atoms with Gasteiger partial charge < -0.3 is 14.2 Å². The molecule has 0 bridgehead atoms. The van der Waals surface area contributed by atoms with Gasteiger partial charge in [0.25, 0.3) is 0 Å². The molecule has 0 aromatic carbocycles. The lowest BCUT2D eigenvalue weighted by atomic mass is 10.7. The molecule has 0 saturated heterocycles. The van der Waals surface area contributed by atoms with Crippen molar-refractivity contribution >= 4 is 17.6 Å². The Kier molecular flexibility index (Phi) is 9.53. The molecule has 0 spiro atoms. The maximum Gasteiger partial charge on any atom is 0.320 e. The van der Waals surface area contributed by atoms with Gasteiger partial charge in [0, 0.05) is 6.61 Å². The normalized spacial score (nSPS) is 10.0. The first-order valence-electron chi connectivity index (χ1n) is 3.97. The summed E-state index contributed by atoms with van der Waals surface area (Å²) in [7, 11) is 0. The molecule has 5 heteroatoms. The Morgan fingerprint density at radius 2 is 1.77 bits per heavy atom. The predicted molar refractivity (Wildman–Crippen MR) is 48.7 cm³/mol. The quantitative estimate of drug-likeness (QED) is 0.334. The summed E-state index contributed by atoms with van der Waals surface area (Å²) >= 11 is 5.19. The van der Waals surface area contributed by atoms with Crippen molar-refractivity contribution in [1.29, 1.82) is 0 Å². The zero-order chi connectivity index (χ0) is 9.94. The monoisotopic (exact) mass is 209 g/mol. The molecular weight excluding hydrogens is 196 g/mol. The first-order valence-corrected chi connectivity index (χ1v) is 4.51. The van der Waals surface area contributed by atoms with Gasteiger partial charge in [-0.3, -0.25) is 4.79 Å². The van der Waals surface area contributed by atoms with Crippen molar-refractivity contribution in [3.05, 3.63) is 6.92 Å². The lowest BCUT2D eigenvalue weighted by molar-refractivity contribution is -0.142. The van der Waals surface area contributed by atoms with Crippen LogP contribution in [0.3, 0.4) is 0 Å². The van der Waals surface area contributed by atoms with E-state index in [-0.39, 0.29) is 12.5 Å². The van der Waals surface area contributed by atoms with Gasteiger partial charge >= 0.3 is 5.97 Å². The highest BCUT2D eigenvalue weighted by molar-refractivity contribution is 6.26. The summed E-state index contributed by atoms with van der Waals surface area (Å²) in [5.74, 6) is -0.552. The van der Waals surface area contributed by atoms with Crippen molar-refractivity contribution in [2.45, 2.75) is 0 Å². The topological polar surface area (TPSA) is 44.8 Å². The molecule has 0 N–H and O–H groups in total. The Labute approximate surface area is 83.1 Å². The van der Waals surface area contributed by atoms with Gasteiger partial charge in [-0.25, -0.2) is 0 Å². The van der Waals surface area contributed by atoms with Crippen LogP contribution in [0.25, 0.3) is 0 Å². The molecular formula is C8H14ClO4. The van der Waals surface area contributed by atoms with E-state index in [1.54, 1.807) is 0 Å². The van der Waals surface area contributed by atoms with Crippen LogP contribution in [0.15, 0.2) is 0 Å². The van der Waals surface area contributed by atoms with Crippen molar-refractivity contribution in [2.75, 3.05) is 38.9 Å². The highest BCUT2D eigenvalue weighted by Crippen LogP contribution is 1.84. The number of halogens is 1. The number of carbonyl (C=O) groups excluding carboxylic acids is 1. The third kappa shape index (κ3) is 9.60. The van der Waals surface area contributed by atoms with E-state index in [4.69, 9.17) is 21.1 Å². The van der Waals surface area contributed by atoms with Gasteiger partial charge in [-0.15, -0.1) is 11.6 Å². The smallest absolute Gasteiger partial charge is 0.320 e. The van der Waals surface area contributed by atoms with Gasteiger partial charge in [-0.05, 0) is 6.92 Å². The van der Waals surface area contributed by atoms with Gasteiger partial charge in [-0.2, -0.15) is 0 Å². The molecule has 0 fully saturated rings. The summed E-state index contributed by atoms with van der Waals surface area (Å²) in [5.41, 5.74) is 0. The van der Waals surface area contributed by atoms with Gasteiger partial charge in [0.2, 0.25) is 0 Å². The van der Waals surface area contributed by atoms with E-state index in [2.05, 4.69) is 11.7 Å². The second-order valence-corrected chi connectivity index (χ2v) is 2.35. The van der Waals surface area contributed by atoms with Crippen molar-refractivity contribution in [3.8, 4) is 0 Å². The zero-order valence-electron chi connectivity index (χ0n) is 7.46.